The summed E-state index contributed by atoms with van der Waals surface area (Å²) in [6, 6.07) is 8.49. The van der Waals surface area contributed by atoms with Gasteiger partial charge >= 0.3 is 0 Å². The van der Waals surface area contributed by atoms with Gasteiger partial charge in [-0.1, -0.05) is 26.2 Å². The molecule has 0 radical (unpaired) electrons. The lowest BCUT2D eigenvalue weighted by molar-refractivity contribution is 0.103. The summed E-state index contributed by atoms with van der Waals surface area (Å²) >= 11 is 0. The molecule has 0 atom stereocenters. The number of unbranched alkanes of at least 4 members (excludes halogenated alkanes) is 3. The minimum absolute atomic E-state index is 0.00540. The van der Waals surface area contributed by atoms with Gasteiger partial charge in [-0.2, -0.15) is 5.26 Å². The third kappa shape index (κ3) is 5.05. The van der Waals surface area contributed by atoms with Crippen molar-refractivity contribution in [2.75, 3.05) is 0 Å². The van der Waals surface area contributed by atoms with Crippen molar-refractivity contribution in [3.05, 3.63) is 56.9 Å². The average Bonchev–Trinajstić information content (AvgIpc) is 2.67. The zero-order valence-electron chi connectivity index (χ0n) is 17.5. The van der Waals surface area contributed by atoms with Gasteiger partial charge < -0.3 is 9.84 Å². The van der Waals surface area contributed by atoms with Crippen LogP contribution in [-0.4, -0.2) is 21.6 Å². The summed E-state index contributed by atoms with van der Waals surface area (Å²) in [5, 5.41) is 20.2. The van der Waals surface area contributed by atoms with Crippen LogP contribution >= 0.6 is 0 Å². The second kappa shape index (κ2) is 9.92. The Morgan fingerprint density at radius 1 is 1.21 bits per heavy atom. The molecular formula is C23H28N2O4. The molecule has 29 heavy (non-hydrogen) atoms. The van der Waals surface area contributed by atoms with Gasteiger partial charge in [-0.3, -0.25) is 14.2 Å². The van der Waals surface area contributed by atoms with Crippen molar-refractivity contribution in [2.45, 2.75) is 66.0 Å². The first-order chi connectivity index (χ1) is 13.8. The van der Waals surface area contributed by atoms with Crippen molar-refractivity contribution in [3.8, 4) is 17.7 Å². The standard InChI is InChI=1S/C23H28N2O4/c1-5-6-7-8-13-25-22(27)19(14-24)16(4)20(23(25)28)21(26)17-9-11-18(12-10-17)29-15(2)3/h9-12,15,28H,5-8,13H2,1-4H3. The lowest BCUT2D eigenvalue weighted by Crippen LogP contribution is -2.27. The van der Waals surface area contributed by atoms with E-state index in [1.165, 1.54) is 6.92 Å². The van der Waals surface area contributed by atoms with Crippen molar-refractivity contribution in [1.82, 2.24) is 4.57 Å². The molecule has 6 nitrogen and oxygen atoms in total. The fourth-order valence-electron chi connectivity index (χ4n) is 3.23. The predicted molar refractivity (Wildman–Crippen MR) is 112 cm³/mol. The van der Waals surface area contributed by atoms with Gasteiger partial charge in [0.2, 0.25) is 5.88 Å². The molecule has 0 aliphatic heterocycles. The van der Waals surface area contributed by atoms with Crippen LogP contribution in [0.5, 0.6) is 11.6 Å². The first-order valence-corrected chi connectivity index (χ1v) is 9.99. The van der Waals surface area contributed by atoms with E-state index in [2.05, 4.69) is 6.92 Å². The van der Waals surface area contributed by atoms with Crippen LogP contribution in [0.2, 0.25) is 0 Å². The average molecular weight is 396 g/mol. The maximum Gasteiger partial charge on any atom is 0.271 e. The van der Waals surface area contributed by atoms with E-state index in [4.69, 9.17) is 4.74 Å². The molecule has 0 bridgehead atoms. The lowest BCUT2D eigenvalue weighted by atomic mass is 9.97. The molecule has 0 unspecified atom stereocenters. The van der Waals surface area contributed by atoms with Crippen molar-refractivity contribution in [3.63, 3.8) is 0 Å². The highest BCUT2D eigenvalue weighted by atomic mass is 16.5. The molecule has 0 fully saturated rings. The maximum atomic E-state index is 13.1. The summed E-state index contributed by atoms with van der Waals surface area (Å²) in [5.74, 6) is -0.179. The number of aromatic hydroxyl groups is 1. The van der Waals surface area contributed by atoms with E-state index in [9.17, 15) is 20.0 Å². The van der Waals surface area contributed by atoms with Gasteiger partial charge in [0, 0.05) is 12.1 Å². The van der Waals surface area contributed by atoms with Crippen LogP contribution < -0.4 is 10.3 Å². The minimum atomic E-state index is -0.559. The predicted octanol–water partition coefficient (Wildman–Crippen LogP) is 4.33. The Labute approximate surface area is 171 Å². The third-order valence-electron chi connectivity index (χ3n) is 4.75. The topological polar surface area (TPSA) is 92.3 Å². The van der Waals surface area contributed by atoms with E-state index in [1.807, 2.05) is 19.9 Å². The zero-order chi connectivity index (χ0) is 21.6. The van der Waals surface area contributed by atoms with Gasteiger partial charge in [-0.25, -0.2) is 0 Å². The number of nitrogens with zero attached hydrogens (tertiary/aromatic N) is 2. The van der Waals surface area contributed by atoms with Gasteiger partial charge in [0.25, 0.3) is 5.56 Å². The number of ketones is 1. The highest BCUT2D eigenvalue weighted by Gasteiger charge is 2.24. The number of nitriles is 1. The van der Waals surface area contributed by atoms with E-state index in [-0.39, 0.29) is 35.2 Å². The molecule has 0 saturated carbocycles. The molecule has 1 aromatic carbocycles. The van der Waals surface area contributed by atoms with E-state index in [0.29, 0.717) is 17.7 Å². The molecule has 154 valence electrons. The fraction of sp³-hybridized carbons (Fsp3) is 0.435. The first kappa shape index (κ1) is 22.2. The van der Waals surface area contributed by atoms with E-state index in [1.54, 1.807) is 24.3 Å². The molecule has 2 rings (SSSR count). The van der Waals surface area contributed by atoms with E-state index >= 15 is 0 Å². The zero-order valence-corrected chi connectivity index (χ0v) is 17.5. The normalized spacial score (nSPS) is 10.8. The van der Waals surface area contributed by atoms with Gasteiger partial charge in [0.15, 0.2) is 5.78 Å². The van der Waals surface area contributed by atoms with Crippen molar-refractivity contribution < 1.29 is 14.6 Å². The highest BCUT2D eigenvalue weighted by Crippen LogP contribution is 2.26. The molecule has 0 saturated heterocycles. The smallest absolute Gasteiger partial charge is 0.271 e. The van der Waals surface area contributed by atoms with Crippen LogP contribution in [0.4, 0.5) is 0 Å². The third-order valence-corrected chi connectivity index (χ3v) is 4.75. The second-order valence-corrected chi connectivity index (χ2v) is 7.35. The molecule has 0 aliphatic rings. The fourth-order valence-corrected chi connectivity index (χ4v) is 3.23. The van der Waals surface area contributed by atoms with Crippen molar-refractivity contribution in [1.29, 1.82) is 5.26 Å². The molecule has 2 aromatic rings. The number of hydrogen-bond acceptors (Lipinski definition) is 5. The molecule has 1 aromatic heterocycles. The Morgan fingerprint density at radius 3 is 2.41 bits per heavy atom. The van der Waals surface area contributed by atoms with Crippen LogP contribution in [0.3, 0.4) is 0 Å². The summed E-state index contributed by atoms with van der Waals surface area (Å²) < 4.78 is 6.73. The molecule has 0 aliphatic carbocycles. The number of carbonyl (C=O) groups excluding carboxylic acids is 1. The highest BCUT2D eigenvalue weighted by molar-refractivity contribution is 6.11. The molecule has 1 heterocycles. The number of pyridine rings is 1. The number of hydrogen-bond donors (Lipinski definition) is 1. The number of aromatic nitrogens is 1. The summed E-state index contributed by atoms with van der Waals surface area (Å²) in [4.78, 5) is 25.7. The van der Waals surface area contributed by atoms with Crippen LogP contribution in [-0.2, 0) is 6.54 Å². The molecule has 0 amide bonds. The van der Waals surface area contributed by atoms with Gasteiger partial charge in [0.05, 0.1) is 11.7 Å². The molecule has 0 spiro atoms. The maximum absolute atomic E-state index is 13.1. The van der Waals surface area contributed by atoms with E-state index in [0.717, 1.165) is 23.8 Å². The van der Waals surface area contributed by atoms with Crippen LogP contribution in [0, 0.1) is 18.3 Å². The monoisotopic (exact) mass is 396 g/mol. The SMILES string of the molecule is CCCCCCn1c(O)c(C(=O)c2ccc(OC(C)C)cc2)c(C)c(C#N)c1=O. The van der Waals surface area contributed by atoms with Crippen molar-refractivity contribution >= 4 is 5.78 Å². The number of rotatable bonds is 9. The minimum Gasteiger partial charge on any atom is -0.494 e. The largest absolute Gasteiger partial charge is 0.494 e. The second-order valence-electron chi connectivity index (χ2n) is 7.35. The Balaban J connectivity index is 2.46. The Bertz CT molecular complexity index is 966. The van der Waals surface area contributed by atoms with Crippen LogP contribution in [0.25, 0.3) is 0 Å². The van der Waals surface area contributed by atoms with Crippen LogP contribution in [0.1, 0.15) is 73.5 Å². The van der Waals surface area contributed by atoms with Crippen molar-refractivity contribution in [2.24, 2.45) is 0 Å². The quantitative estimate of drug-likeness (QED) is 0.503. The van der Waals surface area contributed by atoms with Crippen LogP contribution in [0.15, 0.2) is 29.1 Å². The number of ether oxygens (including phenoxy) is 1. The Kier molecular flexibility index (Phi) is 7.60. The van der Waals surface area contributed by atoms with Gasteiger partial charge in [0.1, 0.15) is 17.4 Å². The number of carbonyl (C=O) groups is 1. The summed E-state index contributed by atoms with van der Waals surface area (Å²) in [6.45, 7) is 7.68. The summed E-state index contributed by atoms with van der Waals surface area (Å²) in [6.07, 6.45) is 3.65. The van der Waals surface area contributed by atoms with Gasteiger partial charge in [-0.05, 0) is 57.0 Å². The molecule has 1 N–H and O–H groups in total. The lowest BCUT2D eigenvalue weighted by Gasteiger charge is -2.16. The Morgan fingerprint density at radius 2 is 1.86 bits per heavy atom. The summed E-state index contributed by atoms with van der Waals surface area (Å²) in [5.41, 5.74) is -0.126. The molecule has 6 heteroatoms. The van der Waals surface area contributed by atoms with E-state index < -0.39 is 11.3 Å². The molecular weight excluding hydrogens is 368 g/mol. The first-order valence-electron chi connectivity index (χ1n) is 9.99. The van der Waals surface area contributed by atoms with Gasteiger partial charge in [-0.15, -0.1) is 0 Å². The number of benzene rings is 1. The summed E-state index contributed by atoms with van der Waals surface area (Å²) in [7, 11) is 0. The Hall–Kier alpha value is -3.07.